The van der Waals surface area contributed by atoms with Gasteiger partial charge in [0.2, 0.25) is 11.8 Å². The van der Waals surface area contributed by atoms with E-state index in [0.29, 0.717) is 12.3 Å². The Morgan fingerprint density at radius 2 is 1.96 bits per heavy atom. The number of anilines is 2. The fourth-order valence-electron chi connectivity index (χ4n) is 3.25. The Kier molecular flexibility index (Phi) is 4.98. The minimum Gasteiger partial charge on any atom is -0.495 e. The van der Waals surface area contributed by atoms with E-state index in [0.717, 1.165) is 28.1 Å². The molecule has 0 spiro atoms. The van der Waals surface area contributed by atoms with Crippen LogP contribution in [0.4, 0.5) is 11.4 Å². The molecule has 1 atom stereocenters. The molecule has 2 aromatic carbocycles. The van der Waals surface area contributed by atoms with Gasteiger partial charge >= 0.3 is 0 Å². The van der Waals surface area contributed by atoms with Gasteiger partial charge in [-0.1, -0.05) is 18.2 Å². The maximum atomic E-state index is 12.7. The van der Waals surface area contributed by atoms with Gasteiger partial charge in [0, 0.05) is 18.7 Å². The highest BCUT2D eigenvalue weighted by molar-refractivity contribution is 6.04. The van der Waals surface area contributed by atoms with Crippen LogP contribution in [0.2, 0.25) is 0 Å². The number of ether oxygens (including phenoxy) is 1. The van der Waals surface area contributed by atoms with E-state index in [2.05, 4.69) is 5.32 Å². The van der Waals surface area contributed by atoms with Gasteiger partial charge in [-0.2, -0.15) is 0 Å². The molecule has 1 heterocycles. The molecule has 1 fully saturated rings. The van der Waals surface area contributed by atoms with Gasteiger partial charge in [0.05, 0.1) is 18.7 Å². The van der Waals surface area contributed by atoms with Crippen molar-refractivity contribution in [3.05, 3.63) is 53.1 Å². The molecule has 0 unspecified atom stereocenters. The van der Waals surface area contributed by atoms with Crippen molar-refractivity contribution in [2.45, 2.75) is 27.2 Å². The van der Waals surface area contributed by atoms with Crippen LogP contribution in [0.15, 0.2) is 36.4 Å². The Hall–Kier alpha value is -2.82. The van der Waals surface area contributed by atoms with Crippen LogP contribution in [0.5, 0.6) is 5.75 Å². The first-order chi connectivity index (χ1) is 12.4. The third-order valence-corrected chi connectivity index (χ3v) is 4.98. The maximum absolute atomic E-state index is 12.7. The summed E-state index contributed by atoms with van der Waals surface area (Å²) >= 11 is 0. The zero-order chi connectivity index (χ0) is 18.8. The van der Waals surface area contributed by atoms with Gasteiger partial charge in [0.15, 0.2) is 0 Å². The number of nitrogens with zero attached hydrogens (tertiary/aromatic N) is 1. The maximum Gasteiger partial charge on any atom is 0.229 e. The standard InChI is InChI=1S/C21H24N2O3/c1-13-8-9-19(26-4)18(10-13)23-12-16(11-20(23)24)21(25)22-17-7-5-6-14(2)15(17)3/h5-10,16H,11-12H2,1-4H3,(H,22,25)/t16-/m1/s1. The molecular weight excluding hydrogens is 328 g/mol. The lowest BCUT2D eigenvalue weighted by molar-refractivity contribution is -0.122. The number of benzene rings is 2. The second kappa shape index (κ2) is 7.20. The molecule has 1 N–H and O–H groups in total. The fourth-order valence-corrected chi connectivity index (χ4v) is 3.25. The van der Waals surface area contributed by atoms with E-state index in [-0.39, 0.29) is 24.2 Å². The first kappa shape index (κ1) is 18.0. The van der Waals surface area contributed by atoms with Crippen molar-refractivity contribution in [2.75, 3.05) is 23.9 Å². The zero-order valence-electron chi connectivity index (χ0n) is 15.6. The number of carbonyl (C=O) groups excluding carboxylic acids is 2. The van der Waals surface area contributed by atoms with Crippen molar-refractivity contribution < 1.29 is 14.3 Å². The summed E-state index contributed by atoms with van der Waals surface area (Å²) in [4.78, 5) is 26.9. The lowest BCUT2D eigenvalue weighted by Gasteiger charge is -2.20. The van der Waals surface area contributed by atoms with Gasteiger partial charge < -0.3 is 15.0 Å². The van der Waals surface area contributed by atoms with E-state index in [4.69, 9.17) is 4.74 Å². The van der Waals surface area contributed by atoms with Gasteiger partial charge in [0.25, 0.3) is 0 Å². The summed E-state index contributed by atoms with van der Waals surface area (Å²) in [7, 11) is 1.58. The van der Waals surface area contributed by atoms with E-state index in [1.54, 1.807) is 12.0 Å². The van der Waals surface area contributed by atoms with Crippen LogP contribution >= 0.6 is 0 Å². The van der Waals surface area contributed by atoms with Crippen molar-refractivity contribution >= 4 is 23.2 Å². The third kappa shape index (κ3) is 3.43. The number of aryl methyl sites for hydroxylation is 2. The first-order valence-electron chi connectivity index (χ1n) is 8.72. The summed E-state index contributed by atoms with van der Waals surface area (Å²) in [5.74, 6) is 0.0725. The molecule has 0 aromatic heterocycles. The molecule has 1 aliphatic heterocycles. The number of methoxy groups -OCH3 is 1. The molecule has 26 heavy (non-hydrogen) atoms. The van der Waals surface area contributed by atoms with E-state index < -0.39 is 0 Å². The molecule has 0 radical (unpaired) electrons. The molecule has 0 saturated carbocycles. The molecule has 136 valence electrons. The van der Waals surface area contributed by atoms with E-state index >= 15 is 0 Å². The minimum absolute atomic E-state index is 0.0602. The Labute approximate surface area is 154 Å². The van der Waals surface area contributed by atoms with E-state index in [1.807, 2.05) is 57.2 Å². The lowest BCUT2D eigenvalue weighted by atomic mass is 10.1. The number of hydrogen-bond donors (Lipinski definition) is 1. The van der Waals surface area contributed by atoms with Crippen molar-refractivity contribution in [3.63, 3.8) is 0 Å². The molecule has 5 nitrogen and oxygen atoms in total. The first-order valence-corrected chi connectivity index (χ1v) is 8.72. The molecule has 1 saturated heterocycles. The smallest absolute Gasteiger partial charge is 0.229 e. The van der Waals surface area contributed by atoms with Crippen LogP contribution in [-0.4, -0.2) is 25.5 Å². The van der Waals surface area contributed by atoms with E-state index in [1.165, 1.54) is 0 Å². The zero-order valence-corrected chi connectivity index (χ0v) is 15.6. The van der Waals surface area contributed by atoms with E-state index in [9.17, 15) is 9.59 Å². The number of rotatable bonds is 4. The average Bonchev–Trinajstić information content (AvgIpc) is 3.00. The van der Waals surface area contributed by atoms with Crippen molar-refractivity contribution in [1.82, 2.24) is 0 Å². The Balaban J connectivity index is 1.78. The van der Waals surface area contributed by atoms with Crippen LogP contribution in [0.3, 0.4) is 0 Å². The topological polar surface area (TPSA) is 58.6 Å². The summed E-state index contributed by atoms with van der Waals surface area (Å²) in [6.07, 6.45) is 0.202. The van der Waals surface area contributed by atoms with Crippen LogP contribution in [0.25, 0.3) is 0 Å². The third-order valence-electron chi connectivity index (χ3n) is 4.98. The fraction of sp³-hybridized carbons (Fsp3) is 0.333. The summed E-state index contributed by atoms with van der Waals surface area (Å²) in [6, 6.07) is 11.5. The molecule has 1 aliphatic rings. The minimum atomic E-state index is -0.382. The molecular formula is C21H24N2O3. The Morgan fingerprint density at radius 1 is 1.19 bits per heavy atom. The molecule has 2 amide bonds. The van der Waals surface area contributed by atoms with Crippen molar-refractivity contribution in [3.8, 4) is 5.75 Å². The Morgan fingerprint density at radius 3 is 2.69 bits per heavy atom. The molecule has 0 bridgehead atoms. The Bertz CT molecular complexity index is 860. The highest BCUT2D eigenvalue weighted by Crippen LogP contribution is 2.34. The van der Waals surface area contributed by atoms with Crippen LogP contribution < -0.4 is 15.0 Å². The summed E-state index contributed by atoms with van der Waals surface area (Å²) in [5.41, 5.74) is 4.73. The second-order valence-corrected chi connectivity index (χ2v) is 6.82. The molecule has 3 rings (SSSR count). The predicted octanol–water partition coefficient (Wildman–Crippen LogP) is 3.61. The predicted molar refractivity (Wildman–Crippen MR) is 103 cm³/mol. The highest BCUT2D eigenvalue weighted by Gasteiger charge is 2.36. The quantitative estimate of drug-likeness (QED) is 0.914. The van der Waals surface area contributed by atoms with Crippen LogP contribution in [-0.2, 0) is 9.59 Å². The number of hydrogen-bond acceptors (Lipinski definition) is 3. The van der Waals surface area contributed by atoms with Gasteiger partial charge in [0.1, 0.15) is 5.75 Å². The number of amides is 2. The van der Waals surface area contributed by atoms with Crippen molar-refractivity contribution in [1.29, 1.82) is 0 Å². The monoisotopic (exact) mass is 352 g/mol. The highest BCUT2D eigenvalue weighted by atomic mass is 16.5. The van der Waals surface area contributed by atoms with Crippen LogP contribution in [0, 0.1) is 26.7 Å². The normalized spacial score (nSPS) is 16.7. The lowest BCUT2D eigenvalue weighted by Crippen LogP contribution is -2.28. The van der Waals surface area contributed by atoms with Gasteiger partial charge in [-0.25, -0.2) is 0 Å². The summed E-state index contributed by atoms with van der Waals surface area (Å²) < 4.78 is 5.39. The largest absolute Gasteiger partial charge is 0.495 e. The molecule has 2 aromatic rings. The number of nitrogens with one attached hydrogen (secondary N) is 1. The van der Waals surface area contributed by atoms with Gasteiger partial charge in [-0.15, -0.1) is 0 Å². The number of carbonyl (C=O) groups is 2. The summed E-state index contributed by atoms with van der Waals surface area (Å²) in [6.45, 7) is 6.31. The average molecular weight is 352 g/mol. The molecule has 0 aliphatic carbocycles. The van der Waals surface area contributed by atoms with Crippen molar-refractivity contribution in [2.24, 2.45) is 5.92 Å². The second-order valence-electron chi connectivity index (χ2n) is 6.82. The van der Waals surface area contributed by atoms with Gasteiger partial charge in [-0.05, 0) is 55.7 Å². The summed E-state index contributed by atoms with van der Waals surface area (Å²) in [5, 5.41) is 2.98. The molecule has 5 heteroatoms. The SMILES string of the molecule is COc1ccc(C)cc1N1C[C@H](C(=O)Nc2cccc(C)c2C)CC1=O. The van der Waals surface area contributed by atoms with Crippen LogP contribution in [0.1, 0.15) is 23.1 Å². The van der Waals surface area contributed by atoms with Gasteiger partial charge in [-0.3, -0.25) is 9.59 Å².